The minimum atomic E-state index is -1.11. The van der Waals surface area contributed by atoms with Crippen molar-refractivity contribution >= 4 is 29.3 Å². The van der Waals surface area contributed by atoms with Crippen LogP contribution in [-0.4, -0.2) is 35.1 Å². The third kappa shape index (κ3) is 4.16. The molecule has 2 amide bonds. The number of nitrogens with one attached hydrogen (secondary N) is 1. The largest absolute Gasteiger partial charge is 0.480 e. The average molecular weight is 282 g/mol. The number of rotatable bonds is 4. The molecule has 0 aromatic heterocycles. The molecule has 6 nitrogen and oxygen atoms in total. The Labute approximate surface area is 115 Å². The Balaban J connectivity index is 2.89. The SMILES string of the molecule is CCN(CC(=O)O)C(=O)Nc1cc(Cl)ccc1C#N. The molecule has 0 aliphatic heterocycles. The van der Waals surface area contributed by atoms with Crippen molar-refractivity contribution in [2.24, 2.45) is 0 Å². The molecule has 0 aliphatic rings. The number of hydrogen-bond acceptors (Lipinski definition) is 3. The first-order valence-corrected chi connectivity index (χ1v) is 5.83. The quantitative estimate of drug-likeness (QED) is 0.884. The first-order valence-electron chi connectivity index (χ1n) is 5.45. The first-order chi connectivity index (χ1) is 8.97. The summed E-state index contributed by atoms with van der Waals surface area (Å²) in [6.45, 7) is 1.48. The lowest BCUT2D eigenvalue weighted by molar-refractivity contribution is -0.137. The van der Waals surface area contributed by atoms with E-state index in [0.717, 1.165) is 4.90 Å². The number of carbonyl (C=O) groups is 2. The number of aliphatic carboxylic acids is 1. The van der Waals surface area contributed by atoms with Crippen molar-refractivity contribution in [1.29, 1.82) is 5.26 Å². The van der Waals surface area contributed by atoms with Crippen LogP contribution < -0.4 is 5.32 Å². The van der Waals surface area contributed by atoms with Crippen molar-refractivity contribution in [2.45, 2.75) is 6.92 Å². The van der Waals surface area contributed by atoms with Gasteiger partial charge in [0.25, 0.3) is 0 Å². The number of carboxylic acid groups (broad SMARTS) is 1. The molecule has 0 spiro atoms. The zero-order valence-corrected chi connectivity index (χ0v) is 10.9. The highest BCUT2D eigenvalue weighted by molar-refractivity contribution is 6.31. The molecule has 0 radical (unpaired) electrons. The molecule has 2 N–H and O–H groups in total. The van der Waals surface area contributed by atoms with Crippen molar-refractivity contribution in [2.75, 3.05) is 18.4 Å². The molecule has 0 bridgehead atoms. The van der Waals surface area contributed by atoms with Gasteiger partial charge in [-0.15, -0.1) is 0 Å². The lowest BCUT2D eigenvalue weighted by Crippen LogP contribution is -2.38. The first kappa shape index (κ1) is 14.8. The number of urea groups is 1. The Bertz CT molecular complexity index is 540. The fraction of sp³-hybridized carbons (Fsp3) is 0.250. The van der Waals surface area contributed by atoms with Gasteiger partial charge >= 0.3 is 12.0 Å². The van der Waals surface area contributed by atoms with E-state index < -0.39 is 18.5 Å². The topological polar surface area (TPSA) is 93.4 Å². The maximum Gasteiger partial charge on any atom is 0.323 e. The molecule has 7 heteroatoms. The maximum atomic E-state index is 11.9. The minimum absolute atomic E-state index is 0.237. The summed E-state index contributed by atoms with van der Waals surface area (Å²) in [7, 11) is 0. The van der Waals surface area contributed by atoms with Gasteiger partial charge in [0.1, 0.15) is 12.6 Å². The normalized spacial score (nSPS) is 9.53. The van der Waals surface area contributed by atoms with Gasteiger partial charge in [-0.3, -0.25) is 4.79 Å². The van der Waals surface area contributed by atoms with Crippen molar-refractivity contribution in [3.8, 4) is 6.07 Å². The number of carboxylic acids is 1. The summed E-state index contributed by atoms with van der Waals surface area (Å²) < 4.78 is 0. The van der Waals surface area contributed by atoms with E-state index in [1.807, 2.05) is 6.07 Å². The second-order valence-electron chi connectivity index (χ2n) is 3.64. The van der Waals surface area contributed by atoms with Crippen LogP contribution in [0.5, 0.6) is 0 Å². The minimum Gasteiger partial charge on any atom is -0.480 e. The second kappa shape index (κ2) is 6.61. The monoisotopic (exact) mass is 281 g/mol. The predicted octanol–water partition coefficient (Wildman–Crippen LogP) is 2.15. The number of likely N-dealkylation sites (N-methyl/N-ethyl adjacent to an activating group) is 1. The summed E-state index contributed by atoms with van der Waals surface area (Å²) in [5, 5.41) is 20.4. The van der Waals surface area contributed by atoms with Crippen LogP contribution in [0.25, 0.3) is 0 Å². The van der Waals surface area contributed by atoms with Crippen molar-refractivity contribution in [1.82, 2.24) is 4.90 Å². The molecule has 0 unspecified atom stereocenters. The summed E-state index contributed by atoms with van der Waals surface area (Å²) in [5.74, 6) is -1.11. The van der Waals surface area contributed by atoms with Gasteiger partial charge < -0.3 is 15.3 Å². The standard InChI is InChI=1S/C12H12ClN3O3/c1-2-16(7-11(17)18)12(19)15-10-5-9(13)4-3-8(10)6-14/h3-5H,2,7H2,1H3,(H,15,19)(H,17,18). The molecule has 19 heavy (non-hydrogen) atoms. The summed E-state index contributed by atoms with van der Waals surface area (Å²) in [5.41, 5.74) is 0.507. The predicted molar refractivity (Wildman–Crippen MR) is 70.1 cm³/mol. The molecule has 0 aliphatic carbocycles. The number of carbonyl (C=O) groups excluding carboxylic acids is 1. The van der Waals surface area contributed by atoms with Crippen molar-refractivity contribution < 1.29 is 14.7 Å². The Hall–Kier alpha value is -2.26. The van der Waals surface area contributed by atoms with Gasteiger partial charge in [0, 0.05) is 11.6 Å². The molecular weight excluding hydrogens is 270 g/mol. The van der Waals surface area contributed by atoms with Gasteiger partial charge in [-0.05, 0) is 25.1 Å². The van der Waals surface area contributed by atoms with E-state index in [2.05, 4.69) is 5.32 Å². The van der Waals surface area contributed by atoms with Gasteiger partial charge in [-0.2, -0.15) is 5.26 Å². The maximum absolute atomic E-state index is 11.9. The van der Waals surface area contributed by atoms with Gasteiger partial charge in [-0.25, -0.2) is 4.79 Å². The number of anilines is 1. The smallest absolute Gasteiger partial charge is 0.323 e. The summed E-state index contributed by atoms with van der Waals surface area (Å²) in [6, 6.07) is 5.77. The second-order valence-corrected chi connectivity index (χ2v) is 4.08. The Morgan fingerprint density at radius 1 is 1.53 bits per heavy atom. The number of hydrogen-bond donors (Lipinski definition) is 2. The highest BCUT2D eigenvalue weighted by Gasteiger charge is 2.16. The number of halogens is 1. The van der Waals surface area contributed by atoms with E-state index in [1.165, 1.54) is 18.2 Å². The Morgan fingerprint density at radius 2 is 2.21 bits per heavy atom. The molecule has 1 aromatic carbocycles. The molecule has 0 atom stereocenters. The van der Waals surface area contributed by atoms with Gasteiger partial charge in [0.2, 0.25) is 0 Å². The fourth-order valence-corrected chi connectivity index (χ4v) is 1.57. The average Bonchev–Trinajstić information content (AvgIpc) is 2.35. The molecule has 0 fully saturated rings. The Morgan fingerprint density at radius 3 is 2.74 bits per heavy atom. The van der Waals surface area contributed by atoms with Crippen LogP contribution in [0.1, 0.15) is 12.5 Å². The van der Waals surface area contributed by atoms with E-state index in [1.54, 1.807) is 6.92 Å². The van der Waals surface area contributed by atoms with Crippen LogP contribution in [0.2, 0.25) is 5.02 Å². The number of nitriles is 1. The van der Waals surface area contributed by atoms with E-state index in [4.69, 9.17) is 22.0 Å². The van der Waals surface area contributed by atoms with Crippen LogP contribution in [0.3, 0.4) is 0 Å². The summed E-state index contributed by atoms with van der Waals surface area (Å²) in [6.07, 6.45) is 0. The number of benzene rings is 1. The Kier molecular flexibility index (Phi) is 5.15. The van der Waals surface area contributed by atoms with E-state index in [9.17, 15) is 9.59 Å². The van der Waals surface area contributed by atoms with Crippen LogP contribution in [0.15, 0.2) is 18.2 Å². The molecule has 0 heterocycles. The van der Waals surface area contributed by atoms with Gasteiger partial charge in [0.05, 0.1) is 11.3 Å². The third-order valence-electron chi connectivity index (χ3n) is 2.34. The van der Waals surface area contributed by atoms with E-state index in [0.29, 0.717) is 5.02 Å². The number of amides is 2. The summed E-state index contributed by atoms with van der Waals surface area (Å²) >= 11 is 5.79. The van der Waals surface area contributed by atoms with Crippen LogP contribution >= 0.6 is 11.6 Å². The zero-order valence-electron chi connectivity index (χ0n) is 10.2. The molecule has 0 saturated heterocycles. The lowest BCUT2D eigenvalue weighted by Gasteiger charge is -2.19. The van der Waals surface area contributed by atoms with Crippen LogP contribution in [0.4, 0.5) is 10.5 Å². The molecular formula is C12H12ClN3O3. The van der Waals surface area contributed by atoms with Crippen molar-refractivity contribution in [3.05, 3.63) is 28.8 Å². The van der Waals surface area contributed by atoms with E-state index >= 15 is 0 Å². The number of nitrogens with zero attached hydrogens (tertiary/aromatic N) is 2. The zero-order chi connectivity index (χ0) is 14.4. The van der Waals surface area contributed by atoms with E-state index in [-0.39, 0.29) is 17.8 Å². The highest BCUT2D eigenvalue weighted by Crippen LogP contribution is 2.20. The third-order valence-corrected chi connectivity index (χ3v) is 2.57. The molecule has 1 aromatic rings. The fourth-order valence-electron chi connectivity index (χ4n) is 1.40. The molecule has 100 valence electrons. The molecule has 0 saturated carbocycles. The molecule has 1 rings (SSSR count). The van der Waals surface area contributed by atoms with Crippen LogP contribution in [0, 0.1) is 11.3 Å². The lowest BCUT2D eigenvalue weighted by atomic mass is 10.2. The highest BCUT2D eigenvalue weighted by atomic mass is 35.5. The van der Waals surface area contributed by atoms with Crippen molar-refractivity contribution in [3.63, 3.8) is 0 Å². The van der Waals surface area contributed by atoms with Gasteiger partial charge in [0.15, 0.2) is 0 Å². The van der Waals surface area contributed by atoms with Gasteiger partial charge in [-0.1, -0.05) is 11.6 Å². The van der Waals surface area contributed by atoms with Crippen LogP contribution in [-0.2, 0) is 4.79 Å². The summed E-state index contributed by atoms with van der Waals surface area (Å²) in [4.78, 5) is 23.6.